The highest BCUT2D eigenvalue weighted by Crippen LogP contribution is 2.16. The summed E-state index contributed by atoms with van der Waals surface area (Å²) < 4.78 is 20.3. The third-order valence-corrected chi connectivity index (χ3v) is 4.47. The first-order valence-electron chi connectivity index (χ1n) is 8.36. The van der Waals surface area contributed by atoms with Gasteiger partial charge in [-0.15, -0.1) is 0 Å². The fraction of sp³-hybridized carbons (Fsp3) is 0.333. The molecule has 1 aliphatic rings. The molecule has 1 N–H and O–H groups in total. The molecule has 2 heterocycles. The zero-order valence-electron chi connectivity index (χ0n) is 14.3. The molecule has 2 aromatic rings. The van der Waals surface area contributed by atoms with Gasteiger partial charge in [0.15, 0.2) is 0 Å². The summed E-state index contributed by atoms with van der Waals surface area (Å²) in [6, 6.07) is 4.56. The number of Topliss-reactive ketones (excluding diaryl/α,β-unsaturated/α-hetero) is 1. The van der Waals surface area contributed by atoms with Crippen molar-refractivity contribution in [1.29, 1.82) is 0 Å². The van der Waals surface area contributed by atoms with Crippen LogP contribution in [0.2, 0.25) is 0 Å². The second-order valence-electron chi connectivity index (χ2n) is 6.28. The molecule has 0 amide bonds. The topological polar surface area (TPSA) is 108 Å². The smallest absolute Gasteiger partial charge is 0.377 e. The van der Waals surface area contributed by atoms with E-state index in [2.05, 4.69) is 0 Å². The molecule has 0 aliphatic carbocycles. The number of carbonyl (C=O) groups is 2. The quantitative estimate of drug-likeness (QED) is 0.612. The number of halogens is 1. The summed E-state index contributed by atoms with van der Waals surface area (Å²) in [4.78, 5) is 48.5. The molecule has 0 saturated carbocycles. The van der Waals surface area contributed by atoms with Gasteiger partial charge in [-0.2, -0.15) is 0 Å². The summed E-state index contributed by atoms with van der Waals surface area (Å²) in [5, 5.41) is 8.99. The number of carboxylic acids is 1. The number of ether oxygens (including phenoxy) is 1. The number of carbonyl (C=O) groups excluding carboxylic acids is 1. The number of benzene rings is 1. The van der Waals surface area contributed by atoms with Crippen LogP contribution in [0.4, 0.5) is 4.39 Å². The molecule has 3 rings (SSSR count). The average Bonchev–Trinajstić information content (AvgIpc) is 2.66. The summed E-state index contributed by atoms with van der Waals surface area (Å²) in [5.41, 5.74) is -2.35. The molecule has 1 aliphatic heterocycles. The lowest BCUT2D eigenvalue weighted by Gasteiger charge is -2.23. The molecule has 0 bridgehead atoms. The highest BCUT2D eigenvalue weighted by molar-refractivity contribution is 6.39. The largest absolute Gasteiger partial charge is 0.475 e. The van der Waals surface area contributed by atoms with E-state index >= 15 is 0 Å². The van der Waals surface area contributed by atoms with Crippen molar-refractivity contribution in [1.82, 2.24) is 9.13 Å². The average molecular weight is 376 g/mol. The second-order valence-corrected chi connectivity index (χ2v) is 6.28. The van der Waals surface area contributed by atoms with Crippen molar-refractivity contribution in [2.24, 2.45) is 5.92 Å². The first-order valence-corrected chi connectivity index (χ1v) is 8.36. The van der Waals surface area contributed by atoms with Gasteiger partial charge in [0.25, 0.3) is 11.3 Å². The Hall–Kier alpha value is -3.07. The Morgan fingerprint density at radius 2 is 1.78 bits per heavy atom. The Labute approximate surface area is 152 Å². The molecule has 0 atom stereocenters. The van der Waals surface area contributed by atoms with Crippen molar-refractivity contribution in [3.05, 3.63) is 62.7 Å². The molecule has 1 fully saturated rings. The minimum atomic E-state index is -1.80. The monoisotopic (exact) mass is 376 g/mol. The number of aromatic nitrogens is 2. The van der Waals surface area contributed by atoms with Crippen LogP contribution in [0.3, 0.4) is 0 Å². The number of ketones is 1. The van der Waals surface area contributed by atoms with Gasteiger partial charge >= 0.3 is 11.7 Å². The summed E-state index contributed by atoms with van der Waals surface area (Å²) >= 11 is 0. The Morgan fingerprint density at radius 1 is 1.15 bits per heavy atom. The number of hydrogen-bond acceptors (Lipinski definition) is 5. The van der Waals surface area contributed by atoms with Crippen LogP contribution >= 0.6 is 0 Å². The zero-order valence-corrected chi connectivity index (χ0v) is 14.3. The van der Waals surface area contributed by atoms with Crippen molar-refractivity contribution in [2.75, 3.05) is 13.2 Å². The van der Waals surface area contributed by atoms with Crippen LogP contribution in [-0.4, -0.2) is 39.2 Å². The van der Waals surface area contributed by atoms with Gasteiger partial charge in [0.05, 0.1) is 5.69 Å². The van der Waals surface area contributed by atoms with Crippen LogP contribution in [0.5, 0.6) is 0 Å². The first-order chi connectivity index (χ1) is 12.9. The second kappa shape index (κ2) is 7.67. The Balaban J connectivity index is 2.16. The lowest BCUT2D eigenvalue weighted by molar-refractivity contribution is -0.131. The molecule has 1 aromatic heterocycles. The van der Waals surface area contributed by atoms with E-state index < -0.39 is 34.4 Å². The summed E-state index contributed by atoms with van der Waals surface area (Å²) in [6.07, 6.45) is 2.39. The molecule has 1 aromatic carbocycles. The van der Waals surface area contributed by atoms with Gasteiger partial charge in [-0.1, -0.05) is 0 Å². The SMILES string of the molecule is O=C(O)C(=O)c1cn(CC2CCOCC2)c(=O)n(-c2ccc(F)cc2)c1=O. The molecule has 0 radical (unpaired) electrons. The van der Waals surface area contributed by atoms with Gasteiger partial charge in [0.2, 0.25) is 0 Å². The maximum atomic E-state index is 13.2. The van der Waals surface area contributed by atoms with E-state index in [0.717, 1.165) is 22.9 Å². The molecule has 1 saturated heterocycles. The highest BCUT2D eigenvalue weighted by atomic mass is 19.1. The van der Waals surface area contributed by atoms with E-state index in [1.807, 2.05) is 0 Å². The van der Waals surface area contributed by atoms with Crippen molar-refractivity contribution >= 4 is 11.8 Å². The van der Waals surface area contributed by atoms with Crippen molar-refractivity contribution < 1.29 is 23.8 Å². The van der Waals surface area contributed by atoms with Crippen LogP contribution in [0.25, 0.3) is 5.69 Å². The first kappa shape index (κ1) is 18.7. The summed E-state index contributed by atoms with van der Waals surface area (Å²) in [5.74, 6) is -3.68. The minimum absolute atomic E-state index is 0.0483. The van der Waals surface area contributed by atoms with Crippen molar-refractivity contribution in [2.45, 2.75) is 19.4 Å². The van der Waals surface area contributed by atoms with Gasteiger partial charge in [-0.25, -0.2) is 18.5 Å². The van der Waals surface area contributed by atoms with Gasteiger partial charge in [0.1, 0.15) is 11.4 Å². The number of rotatable bonds is 5. The fourth-order valence-electron chi connectivity index (χ4n) is 3.03. The maximum absolute atomic E-state index is 13.2. The fourth-order valence-corrected chi connectivity index (χ4v) is 3.03. The normalized spacial score (nSPS) is 14.9. The van der Waals surface area contributed by atoms with Crippen molar-refractivity contribution in [3.63, 3.8) is 0 Å². The van der Waals surface area contributed by atoms with E-state index in [1.165, 1.54) is 12.1 Å². The highest BCUT2D eigenvalue weighted by Gasteiger charge is 2.24. The van der Waals surface area contributed by atoms with Crippen LogP contribution in [-0.2, 0) is 16.1 Å². The van der Waals surface area contributed by atoms with E-state index in [-0.39, 0.29) is 18.2 Å². The third-order valence-electron chi connectivity index (χ3n) is 4.47. The maximum Gasteiger partial charge on any atom is 0.377 e. The molecule has 9 heteroatoms. The number of carboxylic acid groups (broad SMARTS) is 1. The van der Waals surface area contributed by atoms with E-state index in [4.69, 9.17) is 9.84 Å². The number of hydrogen-bond donors (Lipinski definition) is 1. The van der Waals surface area contributed by atoms with Gasteiger partial charge in [-0.05, 0) is 43.0 Å². The van der Waals surface area contributed by atoms with E-state index in [1.54, 1.807) is 0 Å². The van der Waals surface area contributed by atoms with Gasteiger partial charge < -0.3 is 9.84 Å². The van der Waals surface area contributed by atoms with Crippen molar-refractivity contribution in [3.8, 4) is 5.69 Å². The molecule has 0 spiro atoms. The number of nitrogens with zero attached hydrogens (tertiary/aromatic N) is 2. The Kier molecular flexibility index (Phi) is 5.31. The van der Waals surface area contributed by atoms with Crippen LogP contribution in [0.15, 0.2) is 40.1 Å². The summed E-state index contributed by atoms with van der Waals surface area (Å²) in [7, 11) is 0. The standard InChI is InChI=1S/C18H17FN2O6/c19-12-1-3-13(4-2-12)21-16(23)14(15(22)17(24)25)10-20(18(21)26)9-11-5-7-27-8-6-11/h1-4,10-11H,5-9H2,(H,24,25). The molecule has 142 valence electrons. The van der Waals surface area contributed by atoms with Gasteiger partial charge in [-0.3, -0.25) is 14.2 Å². The number of aliphatic carboxylic acids is 1. The molecular formula is C18H17FN2O6. The molecule has 27 heavy (non-hydrogen) atoms. The van der Waals surface area contributed by atoms with E-state index in [9.17, 15) is 23.6 Å². The summed E-state index contributed by atoms with van der Waals surface area (Å²) in [6.45, 7) is 1.29. The van der Waals surface area contributed by atoms with Gasteiger partial charge in [0, 0.05) is 26.0 Å². The zero-order chi connectivity index (χ0) is 19.6. The predicted molar refractivity (Wildman–Crippen MR) is 91.8 cm³/mol. The lowest BCUT2D eigenvalue weighted by Crippen LogP contribution is -2.43. The lowest BCUT2D eigenvalue weighted by atomic mass is 10.0. The molecule has 8 nitrogen and oxygen atoms in total. The Bertz CT molecular complexity index is 986. The molecule has 0 unspecified atom stereocenters. The minimum Gasteiger partial charge on any atom is -0.475 e. The molecular weight excluding hydrogens is 359 g/mol. The van der Waals surface area contributed by atoms with E-state index in [0.29, 0.717) is 30.6 Å². The Morgan fingerprint density at radius 3 is 2.37 bits per heavy atom. The van der Waals surface area contributed by atoms with Crippen LogP contribution < -0.4 is 11.2 Å². The predicted octanol–water partition coefficient (Wildman–Crippen LogP) is 0.832. The third kappa shape index (κ3) is 3.87. The van der Waals surface area contributed by atoms with Crippen LogP contribution in [0, 0.1) is 11.7 Å². The van der Waals surface area contributed by atoms with Crippen LogP contribution in [0.1, 0.15) is 23.2 Å².